The minimum atomic E-state index is -0.238. The van der Waals surface area contributed by atoms with Gasteiger partial charge < -0.3 is 5.32 Å². The van der Waals surface area contributed by atoms with E-state index in [9.17, 15) is 4.39 Å². The number of benzene rings is 1. The van der Waals surface area contributed by atoms with Crippen LogP contribution in [0, 0.1) is 12.7 Å². The van der Waals surface area contributed by atoms with Crippen molar-refractivity contribution in [1.29, 1.82) is 0 Å². The lowest BCUT2D eigenvalue weighted by Crippen LogP contribution is -2.11. The Labute approximate surface area is 109 Å². The van der Waals surface area contributed by atoms with Gasteiger partial charge in [0.05, 0.1) is 4.90 Å². The van der Waals surface area contributed by atoms with E-state index in [0.29, 0.717) is 16.6 Å². The van der Waals surface area contributed by atoms with Crippen LogP contribution in [0.1, 0.15) is 18.3 Å². The summed E-state index contributed by atoms with van der Waals surface area (Å²) >= 11 is 1.22. The quantitative estimate of drug-likeness (QED) is 0.873. The molecule has 0 radical (unpaired) electrons. The molecule has 0 unspecified atom stereocenters. The third-order valence-electron chi connectivity index (χ3n) is 2.35. The monoisotopic (exact) mass is 266 g/mol. The Balaban J connectivity index is 2.09. The first-order valence-corrected chi connectivity index (χ1v) is 6.56. The maximum absolute atomic E-state index is 13.9. The average Bonchev–Trinajstić information content (AvgIpc) is 2.75. The fourth-order valence-corrected chi connectivity index (χ4v) is 2.24. The lowest BCUT2D eigenvalue weighted by atomic mass is 10.2. The largest absolute Gasteiger partial charge is 0.313 e. The van der Waals surface area contributed by atoms with Gasteiger partial charge in [-0.2, -0.15) is 0 Å². The summed E-state index contributed by atoms with van der Waals surface area (Å²) in [5.41, 5.74) is 0.935. The second-order valence-corrected chi connectivity index (χ2v) is 4.86. The Morgan fingerprint density at radius 2 is 2.28 bits per heavy atom. The lowest BCUT2D eigenvalue weighted by Gasteiger charge is -2.04. The van der Waals surface area contributed by atoms with Crippen molar-refractivity contribution in [2.24, 2.45) is 0 Å². The minimum Gasteiger partial charge on any atom is -0.313 e. The van der Waals surface area contributed by atoms with Crippen LogP contribution in [0.2, 0.25) is 0 Å². The summed E-state index contributed by atoms with van der Waals surface area (Å²) in [6.07, 6.45) is 0. The topological polar surface area (TPSA) is 53.6 Å². The molecule has 2 N–H and O–H groups in total. The number of halogens is 1. The molecule has 0 aliphatic rings. The van der Waals surface area contributed by atoms with Crippen LogP contribution in [0.25, 0.3) is 0 Å². The van der Waals surface area contributed by atoms with Gasteiger partial charge in [0, 0.05) is 6.54 Å². The number of nitrogens with one attached hydrogen (secondary N) is 2. The highest BCUT2D eigenvalue weighted by molar-refractivity contribution is 7.99. The Bertz CT molecular complexity index is 527. The number of rotatable bonds is 5. The molecular formula is C12H15FN4S. The van der Waals surface area contributed by atoms with E-state index in [1.165, 1.54) is 11.8 Å². The first kappa shape index (κ1) is 13.0. The molecule has 0 bridgehead atoms. The zero-order valence-electron chi connectivity index (χ0n) is 10.3. The van der Waals surface area contributed by atoms with Gasteiger partial charge in [0.15, 0.2) is 0 Å². The predicted molar refractivity (Wildman–Crippen MR) is 69.0 cm³/mol. The van der Waals surface area contributed by atoms with Gasteiger partial charge >= 0.3 is 0 Å². The molecule has 1 aromatic carbocycles. The molecule has 0 amide bonds. The van der Waals surface area contributed by atoms with Crippen LogP contribution < -0.4 is 5.32 Å². The van der Waals surface area contributed by atoms with Crippen molar-refractivity contribution in [3.8, 4) is 0 Å². The van der Waals surface area contributed by atoms with E-state index in [1.54, 1.807) is 12.1 Å². The van der Waals surface area contributed by atoms with Crippen LogP contribution in [0.4, 0.5) is 4.39 Å². The molecule has 18 heavy (non-hydrogen) atoms. The molecular weight excluding hydrogens is 251 g/mol. The van der Waals surface area contributed by atoms with Gasteiger partial charge in [0.25, 0.3) is 0 Å². The summed E-state index contributed by atoms with van der Waals surface area (Å²) in [5, 5.41) is 10.4. The standard InChI is InChI=1S/C12H15FN4S/c1-3-14-7-9-4-5-11(10(13)6-9)18-12-15-8(2)16-17-12/h4-6,14H,3,7H2,1-2H3,(H,15,16,17). The molecule has 96 valence electrons. The predicted octanol–water partition coefficient (Wildman–Crippen LogP) is 2.51. The number of aryl methyl sites for hydroxylation is 1. The Hall–Kier alpha value is -1.40. The van der Waals surface area contributed by atoms with Crippen molar-refractivity contribution in [3.63, 3.8) is 0 Å². The fraction of sp³-hybridized carbons (Fsp3) is 0.333. The number of hydrogen-bond acceptors (Lipinski definition) is 4. The molecule has 4 nitrogen and oxygen atoms in total. The molecule has 0 saturated carbocycles. The van der Waals surface area contributed by atoms with Gasteiger partial charge in [-0.15, -0.1) is 5.10 Å². The summed E-state index contributed by atoms with van der Waals surface area (Å²) in [4.78, 5) is 4.67. The molecule has 0 fully saturated rings. The minimum absolute atomic E-state index is 0.238. The second kappa shape index (κ2) is 5.97. The van der Waals surface area contributed by atoms with E-state index in [4.69, 9.17) is 0 Å². The molecule has 0 aliphatic carbocycles. The van der Waals surface area contributed by atoms with Crippen molar-refractivity contribution >= 4 is 11.8 Å². The summed E-state index contributed by atoms with van der Waals surface area (Å²) in [7, 11) is 0. The third kappa shape index (κ3) is 3.30. The number of aromatic nitrogens is 3. The maximum atomic E-state index is 13.9. The van der Waals surface area contributed by atoms with Crippen LogP contribution >= 0.6 is 11.8 Å². The van der Waals surface area contributed by atoms with Crippen LogP contribution in [-0.4, -0.2) is 21.7 Å². The van der Waals surface area contributed by atoms with E-state index in [1.807, 2.05) is 19.9 Å². The van der Waals surface area contributed by atoms with E-state index < -0.39 is 0 Å². The Kier molecular flexibility index (Phi) is 4.33. The van der Waals surface area contributed by atoms with Gasteiger partial charge in [-0.1, -0.05) is 13.0 Å². The number of aromatic amines is 1. The van der Waals surface area contributed by atoms with Crippen LogP contribution in [0.5, 0.6) is 0 Å². The fourth-order valence-electron chi connectivity index (χ4n) is 1.47. The number of H-pyrrole nitrogens is 1. The van der Waals surface area contributed by atoms with Crippen molar-refractivity contribution in [1.82, 2.24) is 20.5 Å². The first-order chi connectivity index (χ1) is 8.69. The molecule has 6 heteroatoms. The molecule has 1 aromatic heterocycles. The molecule has 0 atom stereocenters. The zero-order chi connectivity index (χ0) is 13.0. The average molecular weight is 266 g/mol. The highest BCUT2D eigenvalue weighted by Crippen LogP contribution is 2.27. The second-order valence-electron chi connectivity index (χ2n) is 3.85. The number of nitrogens with zero attached hydrogens (tertiary/aromatic N) is 2. The third-order valence-corrected chi connectivity index (χ3v) is 3.27. The SMILES string of the molecule is CCNCc1ccc(Sc2n[nH]c(C)n2)c(F)c1. The van der Waals surface area contributed by atoms with Gasteiger partial charge in [0.1, 0.15) is 11.6 Å². The van der Waals surface area contributed by atoms with Crippen molar-refractivity contribution in [3.05, 3.63) is 35.4 Å². The van der Waals surface area contributed by atoms with Crippen molar-refractivity contribution in [2.75, 3.05) is 6.54 Å². The molecule has 0 aliphatic heterocycles. The van der Waals surface area contributed by atoms with Crippen LogP contribution in [0.15, 0.2) is 28.3 Å². The lowest BCUT2D eigenvalue weighted by molar-refractivity contribution is 0.596. The summed E-state index contributed by atoms with van der Waals surface area (Å²) in [5.74, 6) is 0.486. The normalized spacial score (nSPS) is 10.8. The molecule has 2 rings (SSSR count). The van der Waals surface area contributed by atoms with Gasteiger partial charge in [-0.25, -0.2) is 9.37 Å². The van der Waals surface area contributed by atoms with E-state index >= 15 is 0 Å². The summed E-state index contributed by atoms with van der Waals surface area (Å²) in [6, 6.07) is 5.22. The smallest absolute Gasteiger partial charge is 0.213 e. The Morgan fingerprint density at radius 1 is 1.44 bits per heavy atom. The van der Waals surface area contributed by atoms with Gasteiger partial charge in [-0.05, 0) is 42.9 Å². The van der Waals surface area contributed by atoms with Crippen LogP contribution in [-0.2, 0) is 6.54 Å². The highest BCUT2D eigenvalue weighted by Gasteiger charge is 2.08. The van der Waals surface area contributed by atoms with Crippen molar-refractivity contribution in [2.45, 2.75) is 30.4 Å². The molecule has 2 aromatic rings. The zero-order valence-corrected chi connectivity index (χ0v) is 11.1. The summed E-state index contributed by atoms with van der Waals surface area (Å²) < 4.78 is 13.9. The highest BCUT2D eigenvalue weighted by atomic mass is 32.2. The Morgan fingerprint density at radius 3 is 2.89 bits per heavy atom. The van der Waals surface area contributed by atoms with Crippen LogP contribution in [0.3, 0.4) is 0 Å². The molecule has 1 heterocycles. The van der Waals surface area contributed by atoms with E-state index in [0.717, 1.165) is 17.9 Å². The van der Waals surface area contributed by atoms with Gasteiger partial charge in [-0.3, -0.25) is 5.10 Å². The van der Waals surface area contributed by atoms with Crippen molar-refractivity contribution < 1.29 is 4.39 Å². The van der Waals surface area contributed by atoms with E-state index in [-0.39, 0.29) is 5.82 Å². The first-order valence-electron chi connectivity index (χ1n) is 5.75. The van der Waals surface area contributed by atoms with E-state index in [2.05, 4.69) is 20.5 Å². The molecule has 0 spiro atoms. The molecule has 0 saturated heterocycles. The number of hydrogen-bond donors (Lipinski definition) is 2. The van der Waals surface area contributed by atoms with Gasteiger partial charge in [0.2, 0.25) is 5.16 Å². The maximum Gasteiger partial charge on any atom is 0.213 e. The summed E-state index contributed by atoms with van der Waals surface area (Å²) in [6.45, 7) is 5.38.